The summed E-state index contributed by atoms with van der Waals surface area (Å²) < 4.78 is 59.4. The monoisotopic (exact) mass is 330 g/mol. The van der Waals surface area contributed by atoms with Crippen LogP contribution in [0.5, 0.6) is 0 Å². The topological polar surface area (TPSA) is 103 Å². The van der Waals surface area contributed by atoms with Crippen molar-refractivity contribution in [3.8, 4) is 0 Å². The largest absolute Gasteiger partial charge is 0.423 e. The maximum atomic E-state index is 12.7. The van der Waals surface area contributed by atoms with Crippen LogP contribution in [0.15, 0.2) is 23.1 Å². The average molecular weight is 330 g/mol. The molecule has 112 valence electrons. The van der Waals surface area contributed by atoms with Crippen molar-refractivity contribution in [3.05, 3.63) is 33.9 Å². The van der Waals surface area contributed by atoms with Crippen LogP contribution in [0.2, 0.25) is 0 Å². The highest BCUT2D eigenvalue weighted by Gasteiger charge is 2.38. The van der Waals surface area contributed by atoms with Crippen LogP contribution in [-0.4, -0.2) is 24.8 Å². The van der Waals surface area contributed by atoms with Gasteiger partial charge in [0.15, 0.2) is 0 Å². The fourth-order valence-electron chi connectivity index (χ4n) is 1.27. The van der Waals surface area contributed by atoms with Crippen molar-refractivity contribution < 1.29 is 26.5 Å². The maximum Gasteiger partial charge on any atom is 0.423 e. The molecule has 0 amide bonds. The van der Waals surface area contributed by atoms with Crippen molar-refractivity contribution in [2.24, 2.45) is 5.14 Å². The Balaban J connectivity index is 2.99. The number of nitrogens with zero attached hydrogens (tertiary/aromatic N) is 1. The third kappa shape index (κ3) is 4.98. The van der Waals surface area contributed by atoms with Crippen molar-refractivity contribution in [1.29, 1.82) is 0 Å². The first-order valence-electron chi connectivity index (χ1n) is 4.99. The summed E-state index contributed by atoms with van der Waals surface area (Å²) in [5.74, 6) is -0.454. The smallest absolute Gasteiger partial charge is 0.258 e. The van der Waals surface area contributed by atoms with Crippen LogP contribution in [-0.2, 0) is 16.2 Å². The Labute approximate surface area is 116 Å². The van der Waals surface area contributed by atoms with Gasteiger partial charge in [0, 0.05) is 16.7 Å². The first-order chi connectivity index (χ1) is 9.00. The van der Waals surface area contributed by atoms with E-state index in [1.807, 2.05) is 0 Å². The summed E-state index contributed by atoms with van der Waals surface area (Å²) in [6.07, 6.45) is -4.86. The van der Waals surface area contributed by atoms with Gasteiger partial charge in [-0.2, -0.15) is 13.2 Å². The number of primary sulfonamides is 1. The van der Waals surface area contributed by atoms with Gasteiger partial charge in [0.05, 0.1) is 10.7 Å². The second-order valence-corrected chi connectivity index (χ2v) is 6.55. The van der Waals surface area contributed by atoms with E-state index in [1.165, 1.54) is 0 Å². The molecule has 0 aliphatic rings. The predicted molar refractivity (Wildman–Crippen MR) is 66.8 cm³/mol. The Morgan fingerprint density at radius 2 is 1.95 bits per heavy atom. The van der Waals surface area contributed by atoms with Crippen LogP contribution in [0.4, 0.5) is 18.9 Å². The molecule has 1 aromatic carbocycles. The quantitative estimate of drug-likeness (QED) is 0.505. The zero-order valence-electron chi connectivity index (χ0n) is 9.75. The third-order valence-corrected chi connectivity index (χ3v) is 4.13. The lowest BCUT2D eigenvalue weighted by Crippen LogP contribution is -2.17. The molecule has 1 aromatic rings. The van der Waals surface area contributed by atoms with E-state index in [0.29, 0.717) is 6.07 Å². The van der Waals surface area contributed by atoms with Gasteiger partial charge in [0.1, 0.15) is 5.56 Å². The highest BCUT2D eigenvalue weighted by atomic mass is 32.2. The number of sulfonamides is 1. The van der Waals surface area contributed by atoms with Crippen molar-refractivity contribution >= 4 is 27.5 Å². The SMILES string of the molecule is NS(=O)(=O)CCSc1ccc([N+](=O)[O-])c(C(F)(F)F)c1. The summed E-state index contributed by atoms with van der Waals surface area (Å²) in [7, 11) is -3.71. The van der Waals surface area contributed by atoms with E-state index in [4.69, 9.17) is 5.14 Å². The summed E-state index contributed by atoms with van der Waals surface area (Å²) >= 11 is 0.816. The number of hydrogen-bond donors (Lipinski definition) is 1. The van der Waals surface area contributed by atoms with E-state index in [1.54, 1.807) is 0 Å². The van der Waals surface area contributed by atoms with Crippen LogP contribution in [0.1, 0.15) is 5.56 Å². The molecule has 0 saturated heterocycles. The second kappa shape index (κ2) is 5.97. The van der Waals surface area contributed by atoms with Crippen LogP contribution in [0.3, 0.4) is 0 Å². The number of benzene rings is 1. The van der Waals surface area contributed by atoms with Gasteiger partial charge < -0.3 is 0 Å². The van der Waals surface area contributed by atoms with E-state index in [-0.39, 0.29) is 10.6 Å². The van der Waals surface area contributed by atoms with Gasteiger partial charge >= 0.3 is 6.18 Å². The second-order valence-electron chi connectivity index (χ2n) is 3.65. The number of rotatable bonds is 5. The van der Waals surface area contributed by atoms with Gasteiger partial charge in [-0.3, -0.25) is 10.1 Å². The molecule has 0 fully saturated rings. The molecule has 20 heavy (non-hydrogen) atoms. The third-order valence-electron chi connectivity index (χ3n) is 2.11. The molecule has 0 saturated carbocycles. The van der Waals surface area contributed by atoms with Crippen molar-refractivity contribution in [2.45, 2.75) is 11.1 Å². The lowest BCUT2D eigenvalue weighted by Gasteiger charge is -2.09. The van der Waals surface area contributed by atoms with E-state index in [0.717, 1.165) is 23.9 Å². The van der Waals surface area contributed by atoms with Crippen LogP contribution in [0, 0.1) is 10.1 Å². The normalized spacial score (nSPS) is 12.4. The predicted octanol–water partition coefficient (Wildman–Crippen LogP) is 1.99. The average Bonchev–Trinajstić information content (AvgIpc) is 2.25. The molecular formula is C9H9F3N2O4S2. The molecule has 0 bridgehead atoms. The lowest BCUT2D eigenvalue weighted by molar-refractivity contribution is -0.388. The van der Waals surface area contributed by atoms with E-state index in [9.17, 15) is 31.7 Å². The molecule has 0 spiro atoms. The van der Waals surface area contributed by atoms with Gasteiger partial charge in [0.25, 0.3) is 5.69 Å². The standard InChI is InChI=1S/C9H9F3N2O4S2/c10-9(11,12)7-5-6(1-2-8(7)14(15)16)19-3-4-20(13,17)18/h1-2,5H,3-4H2,(H2,13,17,18). The zero-order chi connectivity index (χ0) is 15.6. The van der Waals surface area contributed by atoms with E-state index in [2.05, 4.69) is 0 Å². The van der Waals surface area contributed by atoms with Gasteiger partial charge in [-0.05, 0) is 12.1 Å². The number of hydrogen-bond acceptors (Lipinski definition) is 5. The van der Waals surface area contributed by atoms with Crippen LogP contribution in [0.25, 0.3) is 0 Å². The minimum absolute atomic E-state index is 0.0477. The molecule has 0 aliphatic heterocycles. The fourth-order valence-corrected chi connectivity index (χ4v) is 3.13. The molecule has 0 heterocycles. The molecule has 0 aromatic heterocycles. The summed E-state index contributed by atoms with van der Waals surface area (Å²) in [6, 6.07) is 2.48. The van der Waals surface area contributed by atoms with Gasteiger partial charge in [-0.25, -0.2) is 13.6 Å². The van der Waals surface area contributed by atoms with Crippen molar-refractivity contribution in [2.75, 3.05) is 11.5 Å². The number of alkyl halides is 3. The first kappa shape index (κ1) is 16.7. The summed E-state index contributed by atoms with van der Waals surface area (Å²) in [5, 5.41) is 15.3. The number of nitrogens with two attached hydrogens (primary N) is 1. The van der Waals surface area contributed by atoms with Gasteiger partial charge in [-0.1, -0.05) is 0 Å². The van der Waals surface area contributed by atoms with Gasteiger partial charge in [-0.15, -0.1) is 11.8 Å². The Bertz CT molecular complexity index is 616. The molecule has 0 atom stereocenters. The fraction of sp³-hybridized carbons (Fsp3) is 0.333. The molecular weight excluding hydrogens is 321 g/mol. The molecule has 0 radical (unpaired) electrons. The number of nitro groups is 1. The highest BCUT2D eigenvalue weighted by Crippen LogP contribution is 2.38. The number of thioether (sulfide) groups is 1. The Kier molecular flexibility index (Phi) is 5.00. The molecule has 0 aliphatic carbocycles. The number of nitro benzene ring substituents is 1. The molecule has 6 nitrogen and oxygen atoms in total. The molecule has 1 rings (SSSR count). The van der Waals surface area contributed by atoms with Crippen LogP contribution < -0.4 is 5.14 Å². The Hall–Kier alpha value is -1.33. The number of halogens is 3. The molecule has 11 heteroatoms. The first-order valence-corrected chi connectivity index (χ1v) is 7.70. The molecule has 0 unspecified atom stereocenters. The van der Waals surface area contributed by atoms with Crippen LogP contribution >= 0.6 is 11.8 Å². The highest BCUT2D eigenvalue weighted by molar-refractivity contribution is 8.00. The minimum Gasteiger partial charge on any atom is -0.258 e. The summed E-state index contributed by atoms with van der Waals surface area (Å²) in [4.78, 5) is 9.48. The molecule has 2 N–H and O–H groups in total. The van der Waals surface area contributed by atoms with Crippen molar-refractivity contribution in [1.82, 2.24) is 0 Å². The van der Waals surface area contributed by atoms with E-state index >= 15 is 0 Å². The minimum atomic E-state index is -4.86. The lowest BCUT2D eigenvalue weighted by atomic mass is 10.2. The Morgan fingerprint density at radius 3 is 2.40 bits per heavy atom. The van der Waals surface area contributed by atoms with E-state index < -0.39 is 38.1 Å². The van der Waals surface area contributed by atoms with Crippen molar-refractivity contribution in [3.63, 3.8) is 0 Å². The van der Waals surface area contributed by atoms with Gasteiger partial charge in [0.2, 0.25) is 10.0 Å². The maximum absolute atomic E-state index is 12.7. The zero-order valence-corrected chi connectivity index (χ0v) is 11.4. The Morgan fingerprint density at radius 1 is 1.35 bits per heavy atom. The summed E-state index contributed by atoms with van der Waals surface area (Å²) in [6.45, 7) is 0. The summed E-state index contributed by atoms with van der Waals surface area (Å²) in [5.41, 5.74) is -2.42.